The van der Waals surface area contributed by atoms with E-state index in [1.165, 1.54) is 12.7 Å². The number of carbonyl (C=O) groups excluding carboxylic acids is 2. The summed E-state index contributed by atoms with van der Waals surface area (Å²) in [5.41, 5.74) is 1.72. The molecule has 2 aromatic carbocycles. The van der Waals surface area contributed by atoms with Gasteiger partial charge in [0, 0.05) is 25.7 Å². The number of amides is 1. The Hall–Kier alpha value is -2.86. The summed E-state index contributed by atoms with van der Waals surface area (Å²) >= 11 is 0. The minimum atomic E-state index is -0.470. The lowest BCUT2D eigenvalue weighted by Gasteiger charge is -2.32. The SMILES string of the molecule is COC(=O)c1ccc(OC(=O)NC2CCN(Cc3ccccc3)CC2)cc1. The van der Waals surface area contributed by atoms with Crippen LogP contribution in [0.3, 0.4) is 0 Å². The summed E-state index contributed by atoms with van der Waals surface area (Å²) in [6.07, 6.45) is 1.31. The van der Waals surface area contributed by atoms with Gasteiger partial charge in [0.05, 0.1) is 12.7 Å². The molecule has 0 unspecified atom stereocenters. The van der Waals surface area contributed by atoms with Gasteiger partial charge in [0.1, 0.15) is 5.75 Å². The number of carbonyl (C=O) groups is 2. The zero-order valence-corrected chi connectivity index (χ0v) is 15.4. The summed E-state index contributed by atoms with van der Waals surface area (Å²) in [5, 5.41) is 2.92. The van der Waals surface area contributed by atoms with Crippen molar-refractivity contribution in [2.75, 3.05) is 20.2 Å². The maximum atomic E-state index is 12.1. The number of methoxy groups -OCH3 is 1. The highest BCUT2D eigenvalue weighted by Gasteiger charge is 2.21. The molecule has 1 aliphatic heterocycles. The molecule has 3 rings (SSSR count). The zero-order valence-electron chi connectivity index (χ0n) is 15.4. The maximum absolute atomic E-state index is 12.1. The molecule has 142 valence electrons. The number of nitrogens with one attached hydrogen (secondary N) is 1. The van der Waals surface area contributed by atoms with Gasteiger partial charge in [-0.05, 0) is 42.7 Å². The highest BCUT2D eigenvalue weighted by molar-refractivity contribution is 5.89. The minimum absolute atomic E-state index is 0.110. The molecule has 0 aliphatic carbocycles. The number of benzene rings is 2. The van der Waals surface area contributed by atoms with Gasteiger partial charge >= 0.3 is 12.1 Å². The first kappa shape index (κ1) is 18.9. The Morgan fingerprint density at radius 3 is 2.33 bits per heavy atom. The number of piperidine rings is 1. The molecule has 6 heteroatoms. The van der Waals surface area contributed by atoms with E-state index >= 15 is 0 Å². The van der Waals surface area contributed by atoms with E-state index in [0.29, 0.717) is 11.3 Å². The summed E-state index contributed by atoms with van der Waals surface area (Å²) in [7, 11) is 1.32. The van der Waals surface area contributed by atoms with Crippen molar-refractivity contribution in [2.24, 2.45) is 0 Å². The van der Waals surface area contributed by atoms with Crippen LogP contribution < -0.4 is 10.1 Å². The summed E-state index contributed by atoms with van der Waals surface area (Å²) in [5.74, 6) is -0.0325. The van der Waals surface area contributed by atoms with E-state index < -0.39 is 12.1 Å². The molecule has 27 heavy (non-hydrogen) atoms. The molecule has 1 aliphatic rings. The third-order valence-corrected chi connectivity index (χ3v) is 4.64. The highest BCUT2D eigenvalue weighted by atomic mass is 16.6. The average Bonchev–Trinajstić information content (AvgIpc) is 2.70. The number of rotatable bonds is 5. The number of ether oxygens (including phenoxy) is 2. The van der Waals surface area contributed by atoms with E-state index in [2.05, 4.69) is 39.2 Å². The topological polar surface area (TPSA) is 67.9 Å². The second-order valence-electron chi connectivity index (χ2n) is 6.59. The van der Waals surface area contributed by atoms with Crippen molar-refractivity contribution in [3.63, 3.8) is 0 Å². The molecular formula is C21H24N2O4. The van der Waals surface area contributed by atoms with Gasteiger partial charge in [0.25, 0.3) is 0 Å². The lowest BCUT2D eigenvalue weighted by atomic mass is 10.0. The molecule has 1 fully saturated rings. The minimum Gasteiger partial charge on any atom is -0.465 e. The largest absolute Gasteiger partial charge is 0.465 e. The molecular weight excluding hydrogens is 344 g/mol. The molecule has 0 radical (unpaired) electrons. The van der Waals surface area contributed by atoms with E-state index in [1.807, 2.05) is 6.07 Å². The molecule has 1 N–H and O–H groups in total. The molecule has 0 saturated carbocycles. The molecule has 1 saturated heterocycles. The van der Waals surface area contributed by atoms with Crippen molar-refractivity contribution < 1.29 is 19.1 Å². The van der Waals surface area contributed by atoms with Crippen LogP contribution in [-0.2, 0) is 11.3 Å². The van der Waals surface area contributed by atoms with Gasteiger partial charge < -0.3 is 14.8 Å². The third kappa shape index (κ3) is 5.56. The first-order chi connectivity index (χ1) is 13.1. The van der Waals surface area contributed by atoms with Crippen LogP contribution in [0.2, 0.25) is 0 Å². The van der Waals surface area contributed by atoms with Crippen molar-refractivity contribution in [2.45, 2.75) is 25.4 Å². The Labute approximate surface area is 159 Å². The Morgan fingerprint density at radius 1 is 1.04 bits per heavy atom. The summed E-state index contributed by atoms with van der Waals surface area (Å²) in [4.78, 5) is 25.9. The predicted molar refractivity (Wildman–Crippen MR) is 102 cm³/mol. The smallest absolute Gasteiger partial charge is 0.412 e. The number of likely N-dealkylation sites (tertiary alicyclic amines) is 1. The van der Waals surface area contributed by atoms with Crippen LogP contribution in [0.1, 0.15) is 28.8 Å². The Bertz CT molecular complexity index is 754. The van der Waals surface area contributed by atoms with Crippen LogP contribution in [0.25, 0.3) is 0 Å². The van der Waals surface area contributed by atoms with Crippen LogP contribution in [0.5, 0.6) is 5.75 Å². The quantitative estimate of drug-likeness (QED) is 0.821. The molecule has 0 bridgehead atoms. The van der Waals surface area contributed by atoms with Crippen molar-refractivity contribution >= 4 is 12.1 Å². The molecule has 0 atom stereocenters. The monoisotopic (exact) mass is 368 g/mol. The van der Waals surface area contributed by atoms with Gasteiger partial charge in [-0.1, -0.05) is 30.3 Å². The first-order valence-corrected chi connectivity index (χ1v) is 9.07. The lowest BCUT2D eigenvalue weighted by molar-refractivity contribution is 0.0600. The van der Waals surface area contributed by atoms with Crippen LogP contribution in [0.15, 0.2) is 54.6 Å². The van der Waals surface area contributed by atoms with Crippen LogP contribution in [0.4, 0.5) is 4.79 Å². The standard InChI is InChI=1S/C21H24N2O4/c1-26-20(24)17-7-9-19(10-8-17)27-21(25)22-18-11-13-23(14-12-18)15-16-5-3-2-4-6-16/h2-10,18H,11-15H2,1H3,(H,22,25). The predicted octanol–water partition coefficient (Wildman–Crippen LogP) is 3.23. The van der Waals surface area contributed by atoms with E-state index in [1.54, 1.807) is 24.3 Å². The van der Waals surface area contributed by atoms with Gasteiger partial charge in [-0.15, -0.1) is 0 Å². The number of nitrogens with zero attached hydrogens (tertiary/aromatic N) is 1. The lowest BCUT2D eigenvalue weighted by Crippen LogP contribution is -2.45. The maximum Gasteiger partial charge on any atom is 0.412 e. The van der Waals surface area contributed by atoms with Gasteiger partial charge in [-0.2, -0.15) is 0 Å². The van der Waals surface area contributed by atoms with Gasteiger partial charge in [-0.25, -0.2) is 9.59 Å². The Balaban J connectivity index is 1.42. The van der Waals surface area contributed by atoms with Gasteiger partial charge in [0.2, 0.25) is 0 Å². The molecule has 6 nitrogen and oxygen atoms in total. The highest BCUT2D eigenvalue weighted by Crippen LogP contribution is 2.16. The van der Waals surface area contributed by atoms with Gasteiger partial charge in [0.15, 0.2) is 0 Å². The van der Waals surface area contributed by atoms with E-state index in [0.717, 1.165) is 32.5 Å². The van der Waals surface area contributed by atoms with E-state index in [4.69, 9.17) is 4.74 Å². The summed E-state index contributed by atoms with van der Waals surface area (Å²) in [6.45, 7) is 2.81. The van der Waals surface area contributed by atoms with E-state index in [-0.39, 0.29) is 6.04 Å². The normalized spacial score (nSPS) is 15.1. The second kappa shape index (κ2) is 9.19. The first-order valence-electron chi connectivity index (χ1n) is 9.07. The van der Waals surface area contributed by atoms with Crippen molar-refractivity contribution in [3.05, 3.63) is 65.7 Å². The van der Waals surface area contributed by atoms with Crippen LogP contribution in [-0.4, -0.2) is 43.2 Å². The van der Waals surface area contributed by atoms with E-state index in [9.17, 15) is 9.59 Å². The Morgan fingerprint density at radius 2 is 1.70 bits per heavy atom. The number of hydrogen-bond donors (Lipinski definition) is 1. The fraction of sp³-hybridized carbons (Fsp3) is 0.333. The molecule has 0 aromatic heterocycles. The fourth-order valence-electron chi connectivity index (χ4n) is 3.16. The number of hydrogen-bond acceptors (Lipinski definition) is 5. The van der Waals surface area contributed by atoms with Crippen molar-refractivity contribution in [3.8, 4) is 5.75 Å². The van der Waals surface area contributed by atoms with Gasteiger partial charge in [-0.3, -0.25) is 4.90 Å². The van der Waals surface area contributed by atoms with Crippen LogP contribution >= 0.6 is 0 Å². The number of esters is 1. The van der Waals surface area contributed by atoms with Crippen molar-refractivity contribution in [1.29, 1.82) is 0 Å². The second-order valence-corrected chi connectivity index (χ2v) is 6.59. The zero-order chi connectivity index (χ0) is 19.1. The fourth-order valence-corrected chi connectivity index (χ4v) is 3.16. The Kier molecular flexibility index (Phi) is 6.44. The summed E-state index contributed by atoms with van der Waals surface area (Å²) in [6, 6.07) is 16.8. The average molecular weight is 368 g/mol. The van der Waals surface area contributed by atoms with Crippen molar-refractivity contribution in [1.82, 2.24) is 10.2 Å². The molecule has 2 aromatic rings. The molecule has 0 spiro atoms. The molecule has 1 heterocycles. The van der Waals surface area contributed by atoms with Crippen LogP contribution in [0, 0.1) is 0 Å². The summed E-state index contributed by atoms with van der Waals surface area (Å²) < 4.78 is 9.93. The third-order valence-electron chi connectivity index (χ3n) is 4.64. The molecule has 1 amide bonds.